The molecule has 1 saturated heterocycles. The van der Waals surface area contributed by atoms with Crippen LogP contribution in [0, 0.1) is 18.7 Å². The molecule has 1 aliphatic rings. The number of hydrogen-bond donors (Lipinski definition) is 2. The highest BCUT2D eigenvalue weighted by Crippen LogP contribution is 2.22. The summed E-state index contributed by atoms with van der Waals surface area (Å²) in [4.78, 5) is 14.4. The highest BCUT2D eigenvalue weighted by molar-refractivity contribution is 7.89. The highest BCUT2D eigenvalue weighted by Gasteiger charge is 2.21. The van der Waals surface area contributed by atoms with Gasteiger partial charge in [0.1, 0.15) is 5.82 Å². The van der Waals surface area contributed by atoms with Crippen LogP contribution in [-0.2, 0) is 21.2 Å². The summed E-state index contributed by atoms with van der Waals surface area (Å²) in [5.74, 6) is 0.0710. The third kappa shape index (κ3) is 6.09. The summed E-state index contributed by atoms with van der Waals surface area (Å²) in [7, 11) is -3.84. The number of piperidine rings is 1. The van der Waals surface area contributed by atoms with E-state index >= 15 is 0 Å². The zero-order valence-electron chi connectivity index (χ0n) is 16.4. The number of rotatable bonds is 6. The minimum absolute atomic E-state index is 0.00784. The van der Waals surface area contributed by atoms with Gasteiger partial charge >= 0.3 is 0 Å². The average Bonchev–Trinajstić information content (AvgIpc) is 2.64. The molecule has 0 spiro atoms. The Morgan fingerprint density at radius 3 is 2.59 bits per heavy atom. The molecule has 156 valence electrons. The summed E-state index contributed by atoms with van der Waals surface area (Å²) in [5.41, 5.74) is 1.95. The van der Waals surface area contributed by atoms with Crippen LogP contribution < -0.4 is 10.5 Å². The Morgan fingerprint density at radius 1 is 1.21 bits per heavy atom. The Hall–Kier alpha value is -2.29. The number of sulfonamides is 1. The van der Waals surface area contributed by atoms with Gasteiger partial charge in [0.2, 0.25) is 15.9 Å². The van der Waals surface area contributed by atoms with E-state index in [1.807, 2.05) is 6.07 Å². The number of benzene rings is 2. The molecule has 0 bridgehead atoms. The lowest BCUT2D eigenvalue weighted by Gasteiger charge is -2.31. The van der Waals surface area contributed by atoms with Crippen LogP contribution >= 0.6 is 0 Å². The van der Waals surface area contributed by atoms with Crippen molar-refractivity contribution in [1.82, 2.24) is 4.90 Å². The standard InChI is InChI=1S/C21H26FN3O3S/c1-15-5-6-19(13-20(15)29(23,27)28)24-21(26)14-25-9-7-16(8-10-25)11-17-3-2-4-18(22)12-17/h2-6,12-13,16H,7-11,14H2,1H3,(H,24,26)(H2,23,27,28). The van der Waals surface area contributed by atoms with Gasteiger partial charge < -0.3 is 5.32 Å². The van der Waals surface area contributed by atoms with Gasteiger partial charge in [-0.3, -0.25) is 9.69 Å². The van der Waals surface area contributed by atoms with E-state index in [1.54, 1.807) is 31.2 Å². The first kappa shape index (κ1) is 21.4. The molecule has 6 nitrogen and oxygen atoms in total. The molecular formula is C21H26FN3O3S. The molecule has 1 aliphatic heterocycles. The molecule has 0 atom stereocenters. The number of hydrogen-bond acceptors (Lipinski definition) is 4. The minimum Gasteiger partial charge on any atom is -0.325 e. The van der Waals surface area contributed by atoms with Crippen molar-refractivity contribution in [3.63, 3.8) is 0 Å². The number of amides is 1. The molecule has 1 amide bonds. The lowest BCUT2D eigenvalue weighted by Crippen LogP contribution is -2.39. The van der Waals surface area contributed by atoms with Crippen molar-refractivity contribution in [2.24, 2.45) is 11.1 Å². The lowest BCUT2D eigenvalue weighted by molar-refractivity contribution is -0.117. The Morgan fingerprint density at radius 2 is 1.93 bits per heavy atom. The summed E-state index contributed by atoms with van der Waals surface area (Å²) in [6.45, 7) is 3.48. The normalized spacial score (nSPS) is 16.0. The lowest BCUT2D eigenvalue weighted by atomic mass is 9.90. The second-order valence-electron chi connectivity index (χ2n) is 7.63. The predicted octanol–water partition coefficient (Wildman–Crippen LogP) is 2.67. The van der Waals surface area contributed by atoms with E-state index in [2.05, 4.69) is 10.2 Å². The van der Waals surface area contributed by atoms with Crippen molar-refractivity contribution in [2.75, 3.05) is 25.0 Å². The molecule has 3 N–H and O–H groups in total. The van der Waals surface area contributed by atoms with Gasteiger partial charge in [-0.15, -0.1) is 0 Å². The first-order valence-electron chi connectivity index (χ1n) is 9.61. The number of anilines is 1. The second kappa shape index (κ2) is 9.02. The van der Waals surface area contributed by atoms with Crippen LogP contribution in [0.3, 0.4) is 0 Å². The van der Waals surface area contributed by atoms with Gasteiger partial charge in [-0.2, -0.15) is 0 Å². The number of likely N-dealkylation sites (tertiary alicyclic amines) is 1. The smallest absolute Gasteiger partial charge is 0.238 e. The van der Waals surface area contributed by atoms with Crippen molar-refractivity contribution >= 4 is 21.6 Å². The maximum Gasteiger partial charge on any atom is 0.238 e. The van der Waals surface area contributed by atoms with Gasteiger partial charge in [0.25, 0.3) is 0 Å². The topological polar surface area (TPSA) is 92.5 Å². The van der Waals surface area contributed by atoms with Crippen molar-refractivity contribution in [3.05, 3.63) is 59.4 Å². The van der Waals surface area contributed by atoms with E-state index in [4.69, 9.17) is 5.14 Å². The van der Waals surface area contributed by atoms with Gasteiger partial charge in [-0.25, -0.2) is 17.9 Å². The monoisotopic (exact) mass is 419 g/mol. The first-order chi connectivity index (χ1) is 13.7. The van der Waals surface area contributed by atoms with E-state index in [9.17, 15) is 17.6 Å². The highest BCUT2D eigenvalue weighted by atomic mass is 32.2. The zero-order valence-corrected chi connectivity index (χ0v) is 17.2. The molecule has 0 unspecified atom stereocenters. The Kier molecular flexibility index (Phi) is 6.66. The molecule has 0 aliphatic carbocycles. The number of carbonyl (C=O) groups is 1. The second-order valence-corrected chi connectivity index (χ2v) is 9.16. The van der Waals surface area contributed by atoms with Crippen molar-refractivity contribution in [2.45, 2.75) is 31.1 Å². The molecule has 0 radical (unpaired) electrons. The molecule has 2 aromatic carbocycles. The first-order valence-corrected chi connectivity index (χ1v) is 11.2. The Labute approximate surface area is 171 Å². The Bertz CT molecular complexity index is 986. The average molecular weight is 420 g/mol. The molecule has 29 heavy (non-hydrogen) atoms. The molecule has 8 heteroatoms. The molecule has 0 aromatic heterocycles. The quantitative estimate of drug-likeness (QED) is 0.753. The number of nitrogens with zero attached hydrogens (tertiary/aromatic N) is 1. The summed E-state index contributed by atoms with van der Waals surface area (Å²) >= 11 is 0. The maximum atomic E-state index is 13.3. The fourth-order valence-corrected chi connectivity index (χ4v) is 4.54. The van der Waals surface area contributed by atoms with Gasteiger partial charge in [0, 0.05) is 5.69 Å². The number of aryl methyl sites for hydroxylation is 1. The van der Waals surface area contributed by atoms with Crippen LogP contribution in [0.15, 0.2) is 47.4 Å². The van der Waals surface area contributed by atoms with Gasteiger partial charge in [-0.05, 0) is 80.6 Å². The number of nitrogens with one attached hydrogen (secondary N) is 1. The van der Waals surface area contributed by atoms with Crippen LogP contribution in [0.2, 0.25) is 0 Å². The van der Waals surface area contributed by atoms with Gasteiger partial charge in [0.05, 0.1) is 11.4 Å². The molecule has 2 aromatic rings. The number of carbonyl (C=O) groups excluding carboxylic acids is 1. The van der Waals surface area contributed by atoms with E-state index in [0.29, 0.717) is 17.2 Å². The van der Waals surface area contributed by atoms with Crippen molar-refractivity contribution in [3.8, 4) is 0 Å². The molecule has 0 saturated carbocycles. The fourth-order valence-electron chi connectivity index (χ4n) is 3.73. The summed E-state index contributed by atoms with van der Waals surface area (Å²) in [5, 5.41) is 7.96. The number of halogens is 1. The molecule has 1 heterocycles. The van der Waals surface area contributed by atoms with E-state index in [-0.39, 0.29) is 23.2 Å². The van der Waals surface area contributed by atoms with Gasteiger partial charge in [-0.1, -0.05) is 18.2 Å². The van der Waals surface area contributed by atoms with Crippen LogP contribution in [0.5, 0.6) is 0 Å². The summed E-state index contributed by atoms with van der Waals surface area (Å²) in [6.07, 6.45) is 2.74. The third-order valence-corrected chi connectivity index (χ3v) is 6.32. The predicted molar refractivity (Wildman–Crippen MR) is 110 cm³/mol. The number of nitrogens with two attached hydrogens (primary N) is 1. The van der Waals surface area contributed by atoms with Crippen LogP contribution in [-0.4, -0.2) is 38.9 Å². The SMILES string of the molecule is Cc1ccc(NC(=O)CN2CCC(Cc3cccc(F)c3)CC2)cc1S(N)(=O)=O. The van der Waals surface area contributed by atoms with Crippen LogP contribution in [0.1, 0.15) is 24.0 Å². The van der Waals surface area contributed by atoms with Crippen LogP contribution in [0.4, 0.5) is 10.1 Å². The number of primary sulfonamides is 1. The molecule has 3 rings (SSSR count). The molecule has 1 fully saturated rings. The van der Waals surface area contributed by atoms with Crippen molar-refractivity contribution in [1.29, 1.82) is 0 Å². The van der Waals surface area contributed by atoms with E-state index in [0.717, 1.165) is 37.9 Å². The summed E-state index contributed by atoms with van der Waals surface area (Å²) in [6, 6.07) is 11.4. The largest absolute Gasteiger partial charge is 0.325 e. The maximum absolute atomic E-state index is 13.3. The zero-order chi connectivity index (χ0) is 21.0. The Balaban J connectivity index is 1.50. The van der Waals surface area contributed by atoms with Crippen molar-refractivity contribution < 1.29 is 17.6 Å². The van der Waals surface area contributed by atoms with E-state index in [1.165, 1.54) is 12.1 Å². The molecular weight excluding hydrogens is 393 g/mol. The van der Waals surface area contributed by atoms with Crippen LogP contribution in [0.25, 0.3) is 0 Å². The third-order valence-electron chi connectivity index (χ3n) is 5.27. The minimum atomic E-state index is -3.84. The fraction of sp³-hybridized carbons (Fsp3) is 0.381. The van der Waals surface area contributed by atoms with Gasteiger partial charge in [0.15, 0.2) is 0 Å². The summed E-state index contributed by atoms with van der Waals surface area (Å²) < 4.78 is 36.6. The van der Waals surface area contributed by atoms with E-state index < -0.39 is 10.0 Å².